The molecule has 0 bridgehead atoms. The molecule has 0 radical (unpaired) electrons. The quantitative estimate of drug-likeness (QED) is 0.608. The van der Waals surface area contributed by atoms with E-state index in [0.717, 1.165) is 11.1 Å². The number of benzene rings is 1. The topological polar surface area (TPSA) is 36.9 Å². The summed E-state index contributed by atoms with van der Waals surface area (Å²) in [5.74, 6) is -1.45. The third-order valence-electron chi connectivity index (χ3n) is 3.61. The van der Waals surface area contributed by atoms with Crippen LogP contribution < -0.4 is 0 Å². The van der Waals surface area contributed by atoms with Crippen molar-refractivity contribution in [1.82, 2.24) is 0 Å². The van der Waals surface area contributed by atoms with Gasteiger partial charge in [0.2, 0.25) is 0 Å². The minimum atomic E-state index is -0.727. The zero-order valence-electron chi connectivity index (χ0n) is 14.8. The fourth-order valence-electron chi connectivity index (χ4n) is 2.59. The van der Waals surface area contributed by atoms with Crippen molar-refractivity contribution < 1.29 is 18.9 Å². The second kappa shape index (κ2) is 8.63. The molecule has 126 valence electrons. The van der Waals surface area contributed by atoms with Gasteiger partial charge in [0.25, 0.3) is 0 Å². The molecule has 1 aromatic rings. The molecule has 22 heavy (non-hydrogen) atoms. The van der Waals surface area contributed by atoms with E-state index < -0.39 is 11.6 Å². The van der Waals surface area contributed by atoms with E-state index in [2.05, 4.69) is 0 Å². The van der Waals surface area contributed by atoms with Crippen molar-refractivity contribution in [3.05, 3.63) is 35.4 Å². The lowest BCUT2D eigenvalue weighted by atomic mass is 10.0. The van der Waals surface area contributed by atoms with Gasteiger partial charge in [0.1, 0.15) is 0 Å². The van der Waals surface area contributed by atoms with Gasteiger partial charge in [-0.2, -0.15) is 0 Å². The van der Waals surface area contributed by atoms with Crippen LogP contribution >= 0.6 is 0 Å². The third-order valence-corrected chi connectivity index (χ3v) is 3.61. The van der Waals surface area contributed by atoms with Crippen molar-refractivity contribution in [2.45, 2.75) is 53.1 Å². The monoisotopic (exact) mass is 310 g/mol. The Morgan fingerprint density at radius 1 is 0.591 bits per heavy atom. The number of rotatable bonds is 10. The maximum atomic E-state index is 5.79. The molecule has 0 saturated heterocycles. The highest BCUT2D eigenvalue weighted by molar-refractivity contribution is 5.28. The molecular weight excluding hydrogens is 280 g/mol. The lowest BCUT2D eigenvalue weighted by molar-refractivity contribution is -0.232. The van der Waals surface area contributed by atoms with Crippen LogP contribution in [0.15, 0.2) is 24.3 Å². The molecule has 0 fully saturated rings. The zero-order valence-corrected chi connectivity index (χ0v) is 14.8. The lowest BCUT2D eigenvalue weighted by Crippen LogP contribution is -2.31. The van der Waals surface area contributed by atoms with Crippen molar-refractivity contribution in [1.29, 1.82) is 0 Å². The van der Waals surface area contributed by atoms with E-state index in [4.69, 9.17) is 18.9 Å². The van der Waals surface area contributed by atoms with Gasteiger partial charge in [-0.1, -0.05) is 24.3 Å². The summed E-state index contributed by atoms with van der Waals surface area (Å²) in [5.41, 5.74) is 1.96. The average molecular weight is 310 g/mol. The minimum absolute atomic E-state index is 0.591. The average Bonchev–Trinajstić information content (AvgIpc) is 2.48. The summed E-state index contributed by atoms with van der Waals surface area (Å²) in [5, 5.41) is 0. The van der Waals surface area contributed by atoms with Crippen LogP contribution in [0.25, 0.3) is 0 Å². The van der Waals surface area contributed by atoms with Crippen LogP contribution in [0.3, 0.4) is 0 Å². The molecule has 0 N–H and O–H groups in total. The number of hydrogen-bond donors (Lipinski definition) is 0. The standard InChI is InChI=1S/C18H30O4/c1-7-19-17(5,20-8-2)15-11-13-16(14-12-15)18(6,21-9-3)22-10-4/h11-14H,7-10H2,1-6H3. The van der Waals surface area contributed by atoms with Crippen LogP contribution in [0.5, 0.6) is 0 Å². The van der Waals surface area contributed by atoms with Gasteiger partial charge in [-0.15, -0.1) is 0 Å². The fourth-order valence-corrected chi connectivity index (χ4v) is 2.59. The molecular formula is C18H30O4. The van der Waals surface area contributed by atoms with E-state index in [9.17, 15) is 0 Å². The van der Waals surface area contributed by atoms with Gasteiger partial charge in [-0.05, 0) is 41.5 Å². The molecule has 1 rings (SSSR count). The summed E-state index contributed by atoms with van der Waals surface area (Å²) in [6.45, 7) is 14.1. The first-order valence-electron chi connectivity index (χ1n) is 8.12. The molecule has 0 aromatic heterocycles. The van der Waals surface area contributed by atoms with Crippen molar-refractivity contribution in [2.75, 3.05) is 26.4 Å². The Hall–Kier alpha value is -0.940. The molecule has 1 aromatic carbocycles. The SMILES string of the molecule is CCOC(C)(OCC)c1ccc(C(C)(OCC)OCC)cc1. The van der Waals surface area contributed by atoms with Gasteiger partial charge in [0.15, 0.2) is 11.6 Å². The first-order chi connectivity index (χ1) is 10.5. The molecule has 0 amide bonds. The summed E-state index contributed by atoms with van der Waals surface area (Å²) in [7, 11) is 0. The molecule has 0 aliphatic heterocycles. The maximum Gasteiger partial charge on any atom is 0.191 e. The summed E-state index contributed by atoms with van der Waals surface area (Å²) >= 11 is 0. The van der Waals surface area contributed by atoms with Crippen LogP contribution in [0.4, 0.5) is 0 Å². The Labute approximate surface area is 134 Å². The first-order valence-corrected chi connectivity index (χ1v) is 8.12. The van der Waals surface area contributed by atoms with Crippen LogP contribution in [-0.2, 0) is 30.5 Å². The van der Waals surface area contributed by atoms with Crippen molar-refractivity contribution >= 4 is 0 Å². The second-order valence-electron chi connectivity index (χ2n) is 5.20. The molecule has 0 atom stereocenters. The molecule has 0 saturated carbocycles. The Morgan fingerprint density at radius 2 is 0.818 bits per heavy atom. The van der Waals surface area contributed by atoms with Gasteiger partial charge < -0.3 is 18.9 Å². The Kier molecular flexibility index (Phi) is 7.49. The van der Waals surface area contributed by atoms with Crippen LogP contribution in [0.1, 0.15) is 52.7 Å². The summed E-state index contributed by atoms with van der Waals surface area (Å²) in [6.07, 6.45) is 0. The van der Waals surface area contributed by atoms with Crippen LogP contribution in [0, 0.1) is 0 Å². The van der Waals surface area contributed by atoms with Gasteiger partial charge in [0.05, 0.1) is 0 Å². The fraction of sp³-hybridized carbons (Fsp3) is 0.667. The highest BCUT2D eigenvalue weighted by Gasteiger charge is 2.31. The Balaban J connectivity index is 3.06. The summed E-state index contributed by atoms with van der Waals surface area (Å²) in [4.78, 5) is 0. The molecule has 0 spiro atoms. The van der Waals surface area contributed by atoms with E-state index in [1.807, 2.05) is 65.8 Å². The predicted octanol–water partition coefficient (Wildman–Crippen LogP) is 4.18. The van der Waals surface area contributed by atoms with Gasteiger partial charge in [0, 0.05) is 37.6 Å². The molecule has 0 heterocycles. The van der Waals surface area contributed by atoms with E-state index in [1.165, 1.54) is 0 Å². The molecule has 0 unspecified atom stereocenters. The lowest BCUT2D eigenvalue weighted by Gasteiger charge is -2.32. The third kappa shape index (κ3) is 4.53. The van der Waals surface area contributed by atoms with Gasteiger partial charge in [-0.3, -0.25) is 0 Å². The highest BCUT2D eigenvalue weighted by atomic mass is 16.7. The predicted molar refractivity (Wildman–Crippen MR) is 87.7 cm³/mol. The zero-order chi connectivity index (χ0) is 16.6. The van der Waals surface area contributed by atoms with Crippen molar-refractivity contribution in [3.8, 4) is 0 Å². The Bertz CT molecular complexity index is 374. The highest BCUT2D eigenvalue weighted by Crippen LogP contribution is 2.31. The number of hydrogen-bond acceptors (Lipinski definition) is 4. The van der Waals surface area contributed by atoms with E-state index >= 15 is 0 Å². The first kappa shape index (κ1) is 19.1. The van der Waals surface area contributed by atoms with Crippen molar-refractivity contribution in [3.63, 3.8) is 0 Å². The number of ether oxygens (including phenoxy) is 4. The molecule has 0 aliphatic carbocycles. The minimum Gasteiger partial charge on any atom is -0.346 e. The van der Waals surface area contributed by atoms with Crippen molar-refractivity contribution in [2.24, 2.45) is 0 Å². The maximum absolute atomic E-state index is 5.79. The largest absolute Gasteiger partial charge is 0.346 e. The van der Waals surface area contributed by atoms with E-state index in [-0.39, 0.29) is 0 Å². The molecule has 0 aliphatic rings. The summed E-state index contributed by atoms with van der Waals surface area (Å²) < 4.78 is 23.2. The van der Waals surface area contributed by atoms with E-state index in [0.29, 0.717) is 26.4 Å². The normalized spacial score (nSPS) is 12.6. The summed E-state index contributed by atoms with van der Waals surface area (Å²) in [6, 6.07) is 8.04. The Morgan fingerprint density at radius 3 is 1.00 bits per heavy atom. The van der Waals surface area contributed by atoms with Crippen LogP contribution in [-0.4, -0.2) is 26.4 Å². The van der Waals surface area contributed by atoms with Gasteiger partial charge in [-0.25, -0.2) is 0 Å². The molecule has 4 nitrogen and oxygen atoms in total. The molecule has 4 heteroatoms. The second-order valence-corrected chi connectivity index (χ2v) is 5.20. The van der Waals surface area contributed by atoms with Gasteiger partial charge >= 0.3 is 0 Å². The van der Waals surface area contributed by atoms with E-state index in [1.54, 1.807) is 0 Å². The smallest absolute Gasteiger partial charge is 0.191 e. The van der Waals surface area contributed by atoms with Crippen LogP contribution in [0.2, 0.25) is 0 Å².